The molecule has 0 spiro atoms. The zero-order valence-corrected chi connectivity index (χ0v) is 16.1. The van der Waals surface area contributed by atoms with Gasteiger partial charge in [-0.3, -0.25) is 4.79 Å². The molecule has 6 rings (SSSR count). The SMILES string of the molecule is C[C@]12CCCC[C@@]13C=C[C@]2(c1ccccc1)[C@@H]1C(=O)N2CC[C@H](CO)[C@H]2[C@@H]13. The summed E-state index contributed by atoms with van der Waals surface area (Å²) in [5.74, 6) is 1.03. The highest BCUT2D eigenvalue weighted by Crippen LogP contribution is 2.80. The van der Waals surface area contributed by atoms with Crippen LogP contribution in [0.1, 0.15) is 44.6 Å². The Bertz CT molecular complexity index is 834. The fourth-order valence-electron chi connectivity index (χ4n) is 8.56. The smallest absolute Gasteiger partial charge is 0.227 e. The highest BCUT2D eigenvalue weighted by Gasteiger charge is 2.81. The molecule has 0 unspecified atom stereocenters. The van der Waals surface area contributed by atoms with Gasteiger partial charge in [-0.15, -0.1) is 0 Å². The summed E-state index contributed by atoms with van der Waals surface area (Å²) in [6.07, 6.45) is 10.9. The number of allylic oxidation sites excluding steroid dienone is 2. The molecule has 3 aliphatic carbocycles. The molecule has 27 heavy (non-hydrogen) atoms. The van der Waals surface area contributed by atoms with E-state index in [9.17, 15) is 9.90 Å². The number of carbonyl (C=O) groups excluding carboxylic acids is 1. The van der Waals surface area contributed by atoms with Gasteiger partial charge in [0.15, 0.2) is 0 Å². The van der Waals surface area contributed by atoms with E-state index in [0.717, 1.165) is 13.0 Å². The molecule has 2 saturated carbocycles. The van der Waals surface area contributed by atoms with E-state index in [2.05, 4.69) is 54.3 Å². The number of hydrogen-bond donors (Lipinski definition) is 1. The van der Waals surface area contributed by atoms with Gasteiger partial charge in [-0.05, 0) is 30.2 Å². The lowest BCUT2D eigenvalue weighted by Crippen LogP contribution is -2.51. The Morgan fingerprint density at radius 3 is 2.70 bits per heavy atom. The molecule has 1 aromatic rings. The first-order valence-electron chi connectivity index (χ1n) is 10.8. The number of amides is 1. The topological polar surface area (TPSA) is 40.5 Å². The summed E-state index contributed by atoms with van der Waals surface area (Å²) in [6.45, 7) is 3.53. The molecule has 3 heteroatoms. The van der Waals surface area contributed by atoms with Crippen LogP contribution in [0.3, 0.4) is 0 Å². The Labute approximate surface area is 161 Å². The number of hydrogen-bond acceptors (Lipinski definition) is 2. The summed E-state index contributed by atoms with van der Waals surface area (Å²) in [6, 6.07) is 11.1. The van der Waals surface area contributed by atoms with Crippen LogP contribution in [-0.4, -0.2) is 35.1 Å². The van der Waals surface area contributed by atoms with Crippen molar-refractivity contribution in [2.24, 2.45) is 28.6 Å². The van der Waals surface area contributed by atoms with Gasteiger partial charge in [0.1, 0.15) is 0 Å². The summed E-state index contributed by atoms with van der Waals surface area (Å²) in [5.41, 5.74) is 1.37. The van der Waals surface area contributed by atoms with Gasteiger partial charge in [0.05, 0.1) is 5.92 Å². The van der Waals surface area contributed by atoms with Gasteiger partial charge in [0.2, 0.25) is 5.91 Å². The maximum atomic E-state index is 13.8. The van der Waals surface area contributed by atoms with Crippen molar-refractivity contribution in [2.45, 2.75) is 50.5 Å². The zero-order valence-electron chi connectivity index (χ0n) is 16.1. The first-order chi connectivity index (χ1) is 13.1. The molecule has 2 saturated heterocycles. The first kappa shape index (κ1) is 16.4. The van der Waals surface area contributed by atoms with Crippen molar-refractivity contribution in [2.75, 3.05) is 13.2 Å². The minimum Gasteiger partial charge on any atom is -0.396 e. The fraction of sp³-hybridized carbons (Fsp3) is 0.625. The quantitative estimate of drug-likeness (QED) is 0.817. The summed E-state index contributed by atoms with van der Waals surface area (Å²) >= 11 is 0. The van der Waals surface area contributed by atoms with Crippen molar-refractivity contribution < 1.29 is 9.90 Å². The van der Waals surface area contributed by atoms with Gasteiger partial charge >= 0.3 is 0 Å². The van der Waals surface area contributed by atoms with E-state index in [1.54, 1.807) is 0 Å². The molecule has 2 heterocycles. The summed E-state index contributed by atoms with van der Waals surface area (Å²) in [7, 11) is 0. The third-order valence-corrected chi connectivity index (χ3v) is 9.53. The second kappa shape index (κ2) is 5.05. The number of aliphatic hydroxyl groups excluding tert-OH is 1. The molecule has 0 radical (unpaired) electrons. The second-order valence-electron chi connectivity index (χ2n) is 9.90. The molecule has 4 fully saturated rings. The van der Waals surface area contributed by atoms with Crippen LogP contribution < -0.4 is 0 Å². The number of nitrogens with zero attached hydrogens (tertiary/aromatic N) is 1. The largest absolute Gasteiger partial charge is 0.396 e. The van der Waals surface area contributed by atoms with Crippen molar-refractivity contribution >= 4 is 5.91 Å². The van der Waals surface area contributed by atoms with Crippen molar-refractivity contribution in [3.63, 3.8) is 0 Å². The molecule has 1 N–H and O–H groups in total. The molecule has 5 aliphatic rings. The van der Waals surface area contributed by atoms with E-state index in [4.69, 9.17) is 0 Å². The van der Waals surface area contributed by atoms with E-state index >= 15 is 0 Å². The van der Waals surface area contributed by atoms with Gasteiger partial charge in [0, 0.05) is 41.9 Å². The Kier molecular flexibility index (Phi) is 3.06. The summed E-state index contributed by atoms with van der Waals surface area (Å²) in [4.78, 5) is 16.0. The van der Waals surface area contributed by atoms with Gasteiger partial charge < -0.3 is 10.0 Å². The predicted octanol–water partition coefficient (Wildman–Crippen LogP) is 3.53. The van der Waals surface area contributed by atoms with Gasteiger partial charge in [-0.2, -0.15) is 0 Å². The Morgan fingerprint density at radius 2 is 1.93 bits per heavy atom. The van der Waals surface area contributed by atoms with Crippen LogP contribution in [0.2, 0.25) is 0 Å². The number of rotatable bonds is 2. The number of carbonyl (C=O) groups is 1. The molecular formula is C24H29NO2. The predicted molar refractivity (Wildman–Crippen MR) is 104 cm³/mol. The van der Waals surface area contributed by atoms with Crippen molar-refractivity contribution in [3.8, 4) is 0 Å². The van der Waals surface area contributed by atoms with Gasteiger partial charge in [-0.25, -0.2) is 0 Å². The molecule has 0 aromatic heterocycles. The highest BCUT2D eigenvalue weighted by molar-refractivity contribution is 5.87. The van der Waals surface area contributed by atoms with E-state index in [-0.39, 0.29) is 40.7 Å². The maximum absolute atomic E-state index is 13.8. The van der Waals surface area contributed by atoms with Crippen LogP contribution in [0.4, 0.5) is 0 Å². The van der Waals surface area contributed by atoms with E-state index in [1.165, 1.54) is 31.2 Å². The molecule has 1 aromatic carbocycles. The lowest BCUT2D eigenvalue weighted by Gasteiger charge is -2.52. The molecule has 2 bridgehead atoms. The van der Waals surface area contributed by atoms with Crippen LogP contribution >= 0.6 is 0 Å². The van der Waals surface area contributed by atoms with Crippen molar-refractivity contribution in [1.82, 2.24) is 4.90 Å². The molecule has 7 atom stereocenters. The van der Waals surface area contributed by atoms with Crippen molar-refractivity contribution in [1.29, 1.82) is 0 Å². The molecule has 142 valence electrons. The minimum absolute atomic E-state index is 0.0485. The van der Waals surface area contributed by atoms with Gasteiger partial charge in [-0.1, -0.05) is 62.2 Å². The summed E-state index contributed by atoms with van der Waals surface area (Å²) in [5, 5.41) is 10.1. The molecule has 3 nitrogen and oxygen atoms in total. The van der Waals surface area contributed by atoms with Crippen LogP contribution in [0.15, 0.2) is 42.5 Å². The Hall–Kier alpha value is -1.61. The fourth-order valence-corrected chi connectivity index (χ4v) is 8.56. The van der Waals surface area contributed by atoms with Crippen LogP contribution in [0, 0.1) is 28.6 Å². The van der Waals surface area contributed by atoms with E-state index < -0.39 is 0 Å². The Morgan fingerprint density at radius 1 is 1.15 bits per heavy atom. The van der Waals surface area contributed by atoms with Crippen LogP contribution in [-0.2, 0) is 10.2 Å². The Balaban J connectivity index is 1.62. The highest BCUT2D eigenvalue weighted by atomic mass is 16.3. The average Bonchev–Trinajstić information content (AvgIpc) is 3.37. The lowest BCUT2D eigenvalue weighted by molar-refractivity contribution is -0.133. The standard InChI is InChI=1S/C24H29NO2/c1-22-10-5-6-11-23(22)12-13-24(22,17-7-3-2-4-8-17)19-18(23)20-16(15-26)9-14-25(20)21(19)27/h2-4,7-8,12-13,16,18-20,26H,5-6,9-11,14-15H2,1H3/t16-,18-,19+,20+,22+,23+,24+/m1/s1. The third-order valence-electron chi connectivity index (χ3n) is 9.53. The van der Waals surface area contributed by atoms with E-state index in [1.807, 2.05) is 0 Å². The number of benzene rings is 1. The minimum atomic E-state index is -0.180. The van der Waals surface area contributed by atoms with Crippen LogP contribution in [0.25, 0.3) is 0 Å². The monoisotopic (exact) mass is 363 g/mol. The zero-order chi connectivity index (χ0) is 18.4. The normalized spacial score (nSPS) is 49.4. The third kappa shape index (κ3) is 1.53. The van der Waals surface area contributed by atoms with Crippen LogP contribution in [0.5, 0.6) is 0 Å². The first-order valence-corrected chi connectivity index (χ1v) is 10.8. The average molecular weight is 364 g/mol. The lowest BCUT2D eigenvalue weighted by atomic mass is 9.52. The van der Waals surface area contributed by atoms with E-state index in [0.29, 0.717) is 11.8 Å². The molecule has 1 amide bonds. The summed E-state index contributed by atoms with van der Waals surface area (Å²) < 4.78 is 0. The van der Waals surface area contributed by atoms with Gasteiger partial charge in [0.25, 0.3) is 0 Å². The molecule has 2 aliphatic heterocycles. The second-order valence-corrected chi connectivity index (χ2v) is 9.90. The molecular weight excluding hydrogens is 334 g/mol. The maximum Gasteiger partial charge on any atom is 0.227 e. The number of fused-ring (bicyclic) bond motifs is 4. The number of aliphatic hydroxyl groups is 1. The van der Waals surface area contributed by atoms with Crippen molar-refractivity contribution in [3.05, 3.63) is 48.0 Å².